The van der Waals surface area contributed by atoms with Gasteiger partial charge >= 0.3 is 18.1 Å². The zero-order chi connectivity index (χ0) is 30.7. The van der Waals surface area contributed by atoms with Gasteiger partial charge in [0.1, 0.15) is 17.5 Å². The molecule has 0 unspecified atom stereocenters. The molecule has 2 aromatic carbocycles. The Bertz CT molecular complexity index is 1420. The Labute approximate surface area is 255 Å². The van der Waals surface area contributed by atoms with Gasteiger partial charge in [-0.25, -0.2) is 4.79 Å². The largest absolute Gasteiger partial charge is 0.507 e. The van der Waals surface area contributed by atoms with Gasteiger partial charge in [-0.1, -0.05) is 32.4 Å². The van der Waals surface area contributed by atoms with Crippen molar-refractivity contribution in [2.45, 2.75) is 51.2 Å². The lowest BCUT2D eigenvalue weighted by molar-refractivity contribution is -0.175. The number of hydrogen-bond donors (Lipinski definition) is 2. The number of amides is 1. The van der Waals surface area contributed by atoms with Crippen molar-refractivity contribution in [2.75, 3.05) is 7.11 Å². The van der Waals surface area contributed by atoms with E-state index in [1.54, 1.807) is 41.7 Å². The fourth-order valence-electron chi connectivity index (χ4n) is 3.82. The Morgan fingerprint density at radius 3 is 2.22 bits per heavy atom. The monoisotopic (exact) mass is 721 g/mol. The number of nitrogens with one attached hydrogen (secondary N) is 1. The van der Waals surface area contributed by atoms with Gasteiger partial charge in [0, 0.05) is 24.0 Å². The molecule has 1 heterocycles. The number of rotatable bonds is 8. The fourth-order valence-corrected chi connectivity index (χ4v) is 5.36. The summed E-state index contributed by atoms with van der Waals surface area (Å²) in [6, 6.07) is 8.18. The number of aromatic hydroxyl groups is 1. The first kappa shape index (κ1) is 32.6. The summed E-state index contributed by atoms with van der Waals surface area (Å²) in [5.74, 6) is -2.49. The number of phenolic OH excluding ortho intramolecular Hbond substituents is 1. The molecule has 3 aromatic rings. The maximum atomic E-state index is 12.8. The number of nitrogens with zero attached hydrogens (tertiary/aromatic N) is 2. The van der Waals surface area contributed by atoms with E-state index in [0.29, 0.717) is 42.8 Å². The van der Waals surface area contributed by atoms with Crippen LogP contribution in [-0.2, 0) is 32.6 Å². The lowest BCUT2D eigenvalue weighted by atomic mass is 9.84. The minimum absolute atomic E-state index is 0.0878. The van der Waals surface area contributed by atoms with E-state index in [1.165, 1.54) is 0 Å². The van der Waals surface area contributed by atoms with Crippen LogP contribution in [0, 0.1) is 0 Å². The van der Waals surface area contributed by atoms with E-state index in [0.717, 1.165) is 7.11 Å². The van der Waals surface area contributed by atoms with Crippen LogP contribution in [0.3, 0.4) is 0 Å². The maximum Gasteiger partial charge on any atom is 0.471 e. The second kappa shape index (κ2) is 13.0. The Kier molecular flexibility index (Phi) is 10.3. The van der Waals surface area contributed by atoms with Crippen molar-refractivity contribution < 1.29 is 37.3 Å². The SMILES string of the molecule is COC(=O)[C@H](Cc1cc(Br)c(Oc2cc(Cc3ccc(Cl)nn3)c(O)c(C(C)(C)C)c2)c(Br)c1)NC(=O)C(F)(F)F. The second-order valence-electron chi connectivity index (χ2n) is 9.99. The van der Waals surface area contributed by atoms with Crippen molar-refractivity contribution in [3.8, 4) is 17.2 Å². The highest BCUT2D eigenvalue weighted by Crippen LogP contribution is 2.42. The zero-order valence-corrected chi connectivity index (χ0v) is 26.1. The molecule has 41 heavy (non-hydrogen) atoms. The van der Waals surface area contributed by atoms with Crippen LogP contribution in [0.25, 0.3) is 0 Å². The number of carbonyl (C=O) groups excluding carboxylic acids is 2. The topological polar surface area (TPSA) is 111 Å². The van der Waals surface area contributed by atoms with E-state index >= 15 is 0 Å². The summed E-state index contributed by atoms with van der Waals surface area (Å²) in [7, 11) is 1.01. The van der Waals surface area contributed by atoms with Crippen molar-refractivity contribution in [3.63, 3.8) is 0 Å². The summed E-state index contributed by atoms with van der Waals surface area (Å²) in [4.78, 5) is 23.5. The van der Waals surface area contributed by atoms with Crippen LogP contribution in [0.5, 0.6) is 17.2 Å². The van der Waals surface area contributed by atoms with Gasteiger partial charge in [0.15, 0.2) is 10.9 Å². The third-order valence-corrected chi connectivity index (χ3v) is 7.18. The van der Waals surface area contributed by atoms with Gasteiger partial charge in [0.25, 0.3) is 0 Å². The molecule has 0 saturated carbocycles. The molecule has 0 aliphatic carbocycles. The fraction of sp³-hybridized carbons (Fsp3) is 0.333. The van der Waals surface area contributed by atoms with Crippen molar-refractivity contribution in [1.29, 1.82) is 0 Å². The first-order valence-electron chi connectivity index (χ1n) is 11.9. The standard InChI is InChI=1S/C27H25Br2ClF3N3O5/c1-26(2,3)17-12-16(11-14(22(17)37)10-15-5-6-21(30)36-35-15)41-23-18(28)7-13(8-19(23)29)9-20(24(38)40-4)34-25(39)27(31,32)33/h5-8,11-12,20,37H,9-10H2,1-4H3,(H,34,39)/t20-/m0/s1. The van der Waals surface area contributed by atoms with Crippen LogP contribution in [0.4, 0.5) is 13.2 Å². The molecule has 1 aromatic heterocycles. The van der Waals surface area contributed by atoms with Gasteiger partial charge in [-0.15, -0.1) is 5.10 Å². The van der Waals surface area contributed by atoms with E-state index in [4.69, 9.17) is 16.3 Å². The summed E-state index contributed by atoms with van der Waals surface area (Å²) in [6.45, 7) is 5.81. The Balaban J connectivity index is 1.95. The van der Waals surface area contributed by atoms with E-state index in [1.807, 2.05) is 20.8 Å². The third-order valence-electron chi connectivity index (χ3n) is 5.80. The predicted molar refractivity (Wildman–Crippen MR) is 152 cm³/mol. The number of esters is 1. The molecule has 0 bridgehead atoms. The highest BCUT2D eigenvalue weighted by atomic mass is 79.9. The molecular weight excluding hydrogens is 699 g/mol. The molecule has 0 aliphatic rings. The molecule has 8 nitrogen and oxygen atoms in total. The number of carbonyl (C=O) groups is 2. The average Bonchev–Trinajstić information content (AvgIpc) is 2.87. The van der Waals surface area contributed by atoms with Crippen LogP contribution < -0.4 is 10.1 Å². The number of aromatic nitrogens is 2. The van der Waals surface area contributed by atoms with Crippen LogP contribution in [0.2, 0.25) is 5.15 Å². The number of hydrogen-bond acceptors (Lipinski definition) is 7. The molecule has 1 atom stereocenters. The number of alkyl halides is 3. The maximum absolute atomic E-state index is 12.8. The molecule has 0 fully saturated rings. The minimum atomic E-state index is -5.17. The van der Waals surface area contributed by atoms with Gasteiger partial charge < -0.3 is 19.9 Å². The summed E-state index contributed by atoms with van der Waals surface area (Å²) in [5, 5.41) is 20.9. The van der Waals surface area contributed by atoms with Crippen molar-refractivity contribution in [1.82, 2.24) is 15.5 Å². The number of ether oxygens (including phenoxy) is 2. The van der Waals surface area contributed by atoms with E-state index in [9.17, 15) is 27.9 Å². The van der Waals surface area contributed by atoms with Gasteiger partial charge in [-0.2, -0.15) is 18.3 Å². The van der Waals surface area contributed by atoms with Crippen molar-refractivity contribution in [2.24, 2.45) is 0 Å². The molecule has 0 aliphatic heterocycles. The summed E-state index contributed by atoms with van der Waals surface area (Å²) in [6.07, 6.45) is -5.21. The van der Waals surface area contributed by atoms with Gasteiger partial charge in [0.2, 0.25) is 0 Å². The molecule has 0 radical (unpaired) electrons. The van der Waals surface area contributed by atoms with Crippen LogP contribution in [0.15, 0.2) is 45.3 Å². The molecule has 2 N–H and O–H groups in total. The lowest BCUT2D eigenvalue weighted by Crippen LogP contribution is -2.48. The van der Waals surface area contributed by atoms with Crippen LogP contribution in [0.1, 0.15) is 43.2 Å². The van der Waals surface area contributed by atoms with Gasteiger partial charge in [-0.05, 0) is 79.2 Å². The van der Waals surface area contributed by atoms with Crippen LogP contribution in [-0.4, -0.2) is 46.5 Å². The normalized spacial score (nSPS) is 12.5. The molecule has 1 amide bonds. The summed E-state index contributed by atoms with van der Waals surface area (Å²) < 4.78 is 49.9. The molecule has 0 spiro atoms. The molecular formula is C27H25Br2ClF3N3O5. The molecule has 220 valence electrons. The highest BCUT2D eigenvalue weighted by molar-refractivity contribution is 9.11. The van der Waals surface area contributed by atoms with E-state index in [-0.39, 0.29) is 23.7 Å². The number of halogens is 6. The van der Waals surface area contributed by atoms with E-state index < -0.39 is 29.5 Å². The Morgan fingerprint density at radius 2 is 1.71 bits per heavy atom. The van der Waals surface area contributed by atoms with Crippen molar-refractivity contribution in [3.05, 3.63) is 72.9 Å². The van der Waals surface area contributed by atoms with E-state index in [2.05, 4.69) is 46.8 Å². The number of methoxy groups -OCH3 is 1. The highest BCUT2D eigenvalue weighted by Gasteiger charge is 2.41. The zero-order valence-electron chi connectivity index (χ0n) is 22.2. The van der Waals surface area contributed by atoms with Crippen molar-refractivity contribution >= 4 is 55.3 Å². The Morgan fingerprint density at radius 1 is 1.07 bits per heavy atom. The third kappa shape index (κ3) is 8.55. The summed E-state index contributed by atoms with van der Waals surface area (Å²) in [5.41, 5.74) is 1.68. The molecule has 3 rings (SSSR count). The molecule has 14 heteroatoms. The minimum Gasteiger partial charge on any atom is -0.507 e. The first-order chi connectivity index (χ1) is 19.0. The molecule has 0 saturated heterocycles. The second-order valence-corrected chi connectivity index (χ2v) is 12.1. The van der Waals surface area contributed by atoms with Gasteiger partial charge in [-0.3, -0.25) is 4.79 Å². The predicted octanol–water partition coefficient (Wildman–Crippen LogP) is 6.80. The average molecular weight is 724 g/mol. The lowest BCUT2D eigenvalue weighted by Gasteiger charge is -2.24. The number of phenols is 1. The summed E-state index contributed by atoms with van der Waals surface area (Å²) >= 11 is 12.7. The number of benzene rings is 2. The smallest absolute Gasteiger partial charge is 0.471 e. The Hall–Kier alpha value is -2.90. The quantitative estimate of drug-likeness (QED) is 0.246. The first-order valence-corrected chi connectivity index (χ1v) is 13.9. The van der Waals surface area contributed by atoms with Gasteiger partial charge in [0.05, 0.1) is 21.7 Å². The van der Waals surface area contributed by atoms with Crippen LogP contribution >= 0.6 is 43.5 Å².